The highest BCUT2D eigenvalue weighted by atomic mass is 16.5. The molecule has 3 aromatic carbocycles. The minimum Gasteiger partial charge on any atom is -0.445 e. The van der Waals surface area contributed by atoms with Gasteiger partial charge in [0.05, 0.1) is 17.6 Å². The lowest BCUT2D eigenvalue weighted by Crippen LogP contribution is -2.23. The number of nitrogen functional groups attached to an aromatic ring is 1. The van der Waals surface area contributed by atoms with Gasteiger partial charge in [0.2, 0.25) is 0 Å². The largest absolute Gasteiger partial charge is 0.445 e. The van der Waals surface area contributed by atoms with E-state index in [-0.39, 0.29) is 18.3 Å². The number of carbonyl (C=O) groups is 2. The molecule has 0 atom stereocenters. The first-order valence-corrected chi connectivity index (χ1v) is 11.6. The zero-order chi connectivity index (χ0) is 25.6. The minimum absolute atomic E-state index is 0.0733. The van der Waals surface area contributed by atoms with Gasteiger partial charge < -0.3 is 21.1 Å². The molecule has 5 rings (SSSR count). The molecule has 184 valence electrons. The van der Waals surface area contributed by atoms with E-state index < -0.39 is 6.09 Å². The molecule has 2 aromatic heterocycles. The van der Waals surface area contributed by atoms with Crippen LogP contribution in [0.2, 0.25) is 0 Å². The molecule has 0 aliphatic rings. The van der Waals surface area contributed by atoms with E-state index in [0.717, 1.165) is 27.6 Å². The fourth-order valence-electron chi connectivity index (χ4n) is 3.74. The van der Waals surface area contributed by atoms with E-state index in [1.165, 1.54) is 0 Å². The molecule has 0 spiro atoms. The van der Waals surface area contributed by atoms with E-state index in [1.807, 2.05) is 48.5 Å². The first-order chi connectivity index (χ1) is 18.0. The molecule has 0 saturated heterocycles. The van der Waals surface area contributed by atoms with E-state index in [2.05, 4.69) is 20.7 Å². The lowest BCUT2D eigenvalue weighted by atomic mass is 10.1. The normalized spacial score (nSPS) is 10.7. The number of fused-ring (bicyclic) bond motifs is 1. The second-order valence-corrected chi connectivity index (χ2v) is 8.35. The molecule has 4 N–H and O–H groups in total. The summed E-state index contributed by atoms with van der Waals surface area (Å²) < 4.78 is 6.87. The molecule has 0 bridgehead atoms. The molecule has 0 fully saturated rings. The Morgan fingerprint density at radius 3 is 2.51 bits per heavy atom. The highest BCUT2D eigenvalue weighted by Crippen LogP contribution is 2.23. The van der Waals surface area contributed by atoms with Crippen LogP contribution in [0.15, 0.2) is 97.5 Å². The van der Waals surface area contributed by atoms with Gasteiger partial charge in [0.15, 0.2) is 5.82 Å². The van der Waals surface area contributed by atoms with Crippen molar-refractivity contribution >= 4 is 34.3 Å². The first-order valence-electron chi connectivity index (χ1n) is 11.6. The summed E-state index contributed by atoms with van der Waals surface area (Å²) in [5, 5.41) is 12.1. The number of rotatable bonds is 7. The summed E-state index contributed by atoms with van der Waals surface area (Å²) in [7, 11) is 0. The second-order valence-electron chi connectivity index (χ2n) is 8.35. The Balaban J connectivity index is 1.17. The van der Waals surface area contributed by atoms with Crippen molar-refractivity contribution in [3.8, 4) is 5.69 Å². The number of ether oxygens (including phenoxy) is 1. The third-order valence-corrected chi connectivity index (χ3v) is 5.72. The number of pyridine rings is 1. The minimum atomic E-state index is -0.539. The lowest BCUT2D eigenvalue weighted by molar-refractivity contribution is 0.102. The van der Waals surface area contributed by atoms with Gasteiger partial charge in [0.1, 0.15) is 6.61 Å². The number of alkyl carbamates (subject to hydrolysis) is 1. The number of nitrogens with two attached hydrogens (primary N) is 1. The number of amides is 2. The Morgan fingerprint density at radius 1 is 0.919 bits per heavy atom. The topological polar surface area (TPSA) is 124 Å². The average Bonchev–Trinajstić information content (AvgIpc) is 3.31. The molecular formula is C28H24N6O3. The van der Waals surface area contributed by atoms with E-state index in [4.69, 9.17) is 10.5 Å². The highest BCUT2D eigenvalue weighted by Gasteiger charge is 2.13. The summed E-state index contributed by atoms with van der Waals surface area (Å²) in [6, 6.07) is 24.4. The van der Waals surface area contributed by atoms with Crippen LogP contribution in [0.5, 0.6) is 0 Å². The number of benzene rings is 3. The van der Waals surface area contributed by atoms with Crippen molar-refractivity contribution in [3.63, 3.8) is 0 Å². The standard InChI is InChI=1S/C28H24N6O3/c29-25-17-34(24-12-11-21-5-1-2-6-23(21)14-24)33-26(25)32-27(35)22-9-7-19(8-10-22)18-37-28(36)31-16-20-4-3-13-30-15-20/h1-15,17H,16,18,29H2,(H,31,36)(H,32,33,35). The van der Waals surface area contributed by atoms with Gasteiger partial charge in [-0.15, -0.1) is 5.10 Å². The molecule has 2 heterocycles. The van der Waals surface area contributed by atoms with E-state index >= 15 is 0 Å². The summed E-state index contributed by atoms with van der Waals surface area (Å²) in [6.45, 7) is 0.398. The Hall–Kier alpha value is -5.18. The van der Waals surface area contributed by atoms with Crippen molar-refractivity contribution in [1.29, 1.82) is 0 Å². The molecule has 9 heteroatoms. The Labute approximate surface area is 212 Å². The summed E-state index contributed by atoms with van der Waals surface area (Å²) in [5.41, 5.74) is 9.34. The van der Waals surface area contributed by atoms with Gasteiger partial charge in [0.25, 0.3) is 5.91 Å². The first kappa shape index (κ1) is 23.6. The maximum absolute atomic E-state index is 12.8. The molecular weight excluding hydrogens is 468 g/mol. The number of nitrogens with zero attached hydrogens (tertiary/aromatic N) is 3. The van der Waals surface area contributed by atoms with Gasteiger partial charge in [-0.1, -0.05) is 48.5 Å². The quantitative estimate of drug-likeness (QED) is 0.303. The van der Waals surface area contributed by atoms with Crippen molar-refractivity contribution in [2.75, 3.05) is 11.1 Å². The summed E-state index contributed by atoms with van der Waals surface area (Å²) in [4.78, 5) is 28.7. The predicted molar refractivity (Wildman–Crippen MR) is 141 cm³/mol. The predicted octanol–water partition coefficient (Wildman–Crippen LogP) is 4.68. The Bertz CT molecular complexity index is 1550. The SMILES string of the molecule is Nc1cn(-c2ccc3ccccc3c2)nc1NC(=O)c1ccc(COC(=O)NCc2cccnc2)cc1. The Kier molecular flexibility index (Phi) is 6.76. The second kappa shape index (κ2) is 10.6. The van der Waals surface area contributed by atoms with Crippen LogP contribution in [0.3, 0.4) is 0 Å². The zero-order valence-electron chi connectivity index (χ0n) is 19.8. The number of anilines is 2. The van der Waals surface area contributed by atoms with E-state index in [1.54, 1.807) is 53.6 Å². The van der Waals surface area contributed by atoms with Crippen LogP contribution < -0.4 is 16.4 Å². The number of carbonyl (C=O) groups excluding carboxylic acids is 2. The van der Waals surface area contributed by atoms with Crippen LogP contribution in [0.1, 0.15) is 21.5 Å². The van der Waals surface area contributed by atoms with E-state index in [9.17, 15) is 9.59 Å². The van der Waals surface area contributed by atoms with Crippen molar-refractivity contribution in [2.45, 2.75) is 13.2 Å². The van der Waals surface area contributed by atoms with Crippen LogP contribution in [0.4, 0.5) is 16.3 Å². The molecule has 2 amide bonds. The van der Waals surface area contributed by atoms with Gasteiger partial charge in [0, 0.05) is 24.5 Å². The van der Waals surface area contributed by atoms with Crippen LogP contribution in [-0.2, 0) is 17.9 Å². The Morgan fingerprint density at radius 2 is 1.73 bits per heavy atom. The number of nitrogens with one attached hydrogen (secondary N) is 2. The van der Waals surface area contributed by atoms with Crippen LogP contribution in [-0.4, -0.2) is 26.8 Å². The molecule has 0 aliphatic carbocycles. The smallest absolute Gasteiger partial charge is 0.407 e. The lowest BCUT2D eigenvalue weighted by Gasteiger charge is -2.08. The maximum Gasteiger partial charge on any atom is 0.407 e. The molecule has 5 aromatic rings. The van der Waals surface area contributed by atoms with Crippen LogP contribution in [0.25, 0.3) is 16.5 Å². The molecule has 0 unspecified atom stereocenters. The van der Waals surface area contributed by atoms with Crippen molar-refractivity contribution < 1.29 is 14.3 Å². The van der Waals surface area contributed by atoms with Gasteiger partial charge in [-0.3, -0.25) is 9.78 Å². The van der Waals surface area contributed by atoms with Gasteiger partial charge >= 0.3 is 6.09 Å². The molecule has 0 saturated carbocycles. The van der Waals surface area contributed by atoms with Gasteiger partial charge in [-0.05, 0) is 52.2 Å². The van der Waals surface area contributed by atoms with Crippen molar-refractivity contribution in [1.82, 2.24) is 20.1 Å². The van der Waals surface area contributed by atoms with Gasteiger partial charge in [-0.25, -0.2) is 9.48 Å². The number of hydrogen-bond donors (Lipinski definition) is 3. The van der Waals surface area contributed by atoms with Crippen LogP contribution in [0, 0.1) is 0 Å². The molecule has 0 aliphatic heterocycles. The summed E-state index contributed by atoms with van der Waals surface area (Å²) in [5.74, 6) is -0.0759. The molecule has 9 nitrogen and oxygen atoms in total. The molecule has 0 radical (unpaired) electrons. The third kappa shape index (κ3) is 5.73. The van der Waals surface area contributed by atoms with Gasteiger partial charge in [-0.2, -0.15) is 0 Å². The summed E-state index contributed by atoms with van der Waals surface area (Å²) in [6.07, 6.45) is 4.47. The highest BCUT2D eigenvalue weighted by molar-refractivity contribution is 6.05. The average molecular weight is 493 g/mol. The number of aromatic nitrogens is 3. The monoisotopic (exact) mass is 492 g/mol. The summed E-state index contributed by atoms with van der Waals surface area (Å²) >= 11 is 0. The fraction of sp³-hybridized carbons (Fsp3) is 0.0714. The fourth-order valence-corrected chi connectivity index (χ4v) is 3.74. The zero-order valence-corrected chi connectivity index (χ0v) is 19.8. The van der Waals surface area contributed by atoms with Crippen LogP contribution >= 0.6 is 0 Å². The van der Waals surface area contributed by atoms with E-state index in [0.29, 0.717) is 17.8 Å². The number of hydrogen-bond acceptors (Lipinski definition) is 6. The maximum atomic E-state index is 12.8. The molecule has 37 heavy (non-hydrogen) atoms. The third-order valence-electron chi connectivity index (χ3n) is 5.72. The van der Waals surface area contributed by atoms with Crippen molar-refractivity contribution in [3.05, 3.63) is 114 Å². The van der Waals surface area contributed by atoms with Crippen molar-refractivity contribution in [2.24, 2.45) is 0 Å².